The van der Waals surface area contributed by atoms with E-state index in [4.69, 9.17) is 16.3 Å². The molecule has 182 valence electrons. The SMILES string of the molecule is COc1ccc(Cl)cc1NC(=O)CN(C)CC(=O)Nc1c(C#N)c(C)c(C)n1-c1cccc(F)c1. The Morgan fingerprint density at radius 1 is 1.14 bits per heavy atom. The third-order valence-electron chi connectivity index (χ3n) is 5.41. The van der Waals surface area contributed by atoms with Gasteiger partial charge in [0.2, 0.25) is 11.8 Å². The molecule has 10 heteroatoms. The molecule has 0 bridgehead atoms. The quantitative estimate of drug-likeness (QED) is 0.484. The van der Waals surface area contributed by atoms with Crippen molar-refractivity contribution in [1.29, 1.82) is 5.26 Å². The lowest BCUT2D eigenvalue weighted by Crippen LogP contribution is -2.36. The van der Waals surface area contributed by atoms with Crippen molar-refractivity contribution in [2.75, 3.05) is 37.9 Å². The molecule has 2 amide bonds. The smallest absolute Gasteiger partial charge is 0.239 e. The highest BCUT2D eigenvalue weighted by atomic mass is 35.5. The number of rotatable bonds is 8. The Morgan fingerprint density at radius 3 is 2.46 bits per heavy atom. The number of amides is 2. The summed E-state index contributed by atoms with van der Waals surface area (Å²) >= 11 is 6.00. The van der Waals surface area contributed by atoms with E-state index in [1.807, 2.05) is 0 Å². The van der Waals surface area contributed by atoms with E-state index in [2.05, 4.69) is 16.7 Å². The number of ether oxygens (including phenoxy) is 1. The van der Waals surface area contributed by atoms with Crippen molar-refractivity contribution in [2.45, 2.75) is 13.8 Å². The van der Waals surface area contributed by atoms with E-state index in [0.29, 0.717) is 33.4 Å². The lowest BCUT2D eigenvalue weighted by atomic mass is 10.2. The number of benzene rings is 2. The summed E-state index contributed by atoms with van der Waals surface area (Å²) in [4.78, 5) is 26.8. The van der Waals surface area contributed by atoms with Crippen LogP contribution in [0.4, 0.5) is 15.9 Å². The van der Waals surface area contributed by atoms with Crippen LogP contribution >= 0.6 is 11.6 Å². The van der Waals surface area contributed by atoms with E-state index in [9.17, 15) is 19.2 Å². The number of nitrogens with one attached hydrogen (secondary N) is 2. The van der Waals surface area contributed by atoms with E-state index >= 15 is 0 Å². The summed E-state index contributed by atoms with van der Waals surface area (Å²) in [7, 11) is 3.09. The molecule has 0 spiro atoms. The van der Waals surface area contributed by atoms with Crippen LogP contribution in [-0.4, -0.2) is 48.5 Å². The van der Waals surface area contributed by atoms with E-state index in [1.54, 1.807) is 55.8 Å². The van der Waals surface area contributed by atoms with Crippen molar-refractivity contribution in [3.05, 3.63) is 70.1 Å². The molecule has 35 heavy (non-hydrogen) atoms. The largest absolute Gasteiger partial charge is 0.495 e. The number of carbonyl (C=O) groups excluding carboxylic acids is 2. The third-order valence-corrected chi connectivity index (χ3v) is 5.65. The van der Waals surface area contributed by atoms with Gasteiger partial charge in [0.15, 0.2) is 0 Å². The van der Waals surface area contributed by atoms with Gasteiger partial charge in [-0.25, -0.2) is 4.39 Å². The topological polar surface area (TPSA) is 99.4 Å². The van der Waals surface area contributed by atoms with Gasteiger partial charge in [-0.2, -0.15) is 5.26 Å². The van der Waals surface area contributed by atoms with Crippen LogP contribution in [0.1, 0.15) is 16.8 Å². The molecular weight excluding hydrogens is 473 g/mol. The van der Waals surface area contributed by atoms with Gasteiger partial charge >= 0.3 is 0 Å². The molecule has 8 nitrogen and oxygen atoms in total. The van der Waals surface area contributed by atoms with E-state index < -0.39 is 11.7 Å². The van der Waals surface area contributed by atoms with Crippen LogP contribution in [0.2, 0.25) is 5.02 Å². The zero-order valence-corrected chi connectivity index (χ0v) is 20.5. The minimum atomic E-state index is -0.439. The summed E-state index contributed by atoms with van der Waals surface area (Å²) < 4.78 is 20.7. The summed E-state index contributed by atoms with van der Waals surface area (Å²) in [6.07, 6.45) is 0. The Hall–Kier alpha value is -3.87. The number of likely N-dealkylation sites (N-methyl/N-ethyl adjacent to an activating group) is 1. The number of aromatic nitrogens is 1. The molecule has 0 saturated carbocycles. The molecular formula is C25H25ClFN5O3. The van der Waals surface area contributed by atoms with E-state index in [1.165, 1.54) is 24.1 Å². The molecule has 1 heterocycles. The Kier molecular flexibility index (Phi) is 8.12. The zero-order chi connectivity index (χ0) is 25.7. The van der Waals surface area contributed by atoms with Crippen LogP contribution in [0.25, 0.3) is 5.69 Å². The number of hydrogen-bond acceptors (Lipinski definition) is 5. The Morgan fingerprint density at radius 2 is 1.83 bits per heavy atom. The van der Waals surface area contributed by atoms with Gasteiger partial charge in [-0.05, 0) is 62.9 Å². The predicted molar refractivity (Wildman–Crippen MR) is 133 cm³/mol. The first-order chi connectivity index (χ1) is 16.6. The average molecular weight is 498 g/mol. The second kappa shape index (κ2) is 11.0. The van der Waals surface area contributed by atoms with Crippen LogP contribution in [-0.2, 0) is 9.59 Å². The fraction of sp³-hybridized carbons (Fsp3) is 0.240. The molecule has 0 radical (unpaired) electrons. The van der Waals surface area contributed by atoms with Crippen molar-refractivity contribution in [2.24, 2.45) is 0 Å². The summed E-state index contributed by atoms with van der Waals surface area (Å²) in [5.74, 6) is -0.539. The highest BCUT2D eigenvalue weighted by molar-refractivity contribution is 6.31. The van der Waals surface area contributed by atoms with Crippen molar-refractivity contribution >= 4 is 34.9 Å². The predicted octanol–water partition coefficient (Wildman–Crippen LogP) is 4.28. The highest BCUT2D eigenvalue weighted by Crippen LogP contribution is 2.30. The fourth-order valence-corrected chi connectivity index (χ4v) is 3.86. The highest BCUT2D eigenvalue weighted by Gasteiger charge is 2.22. The standard InChI is InChI=1S/C25H25ClFN5O3/c1-15-16(2)32(19-7-5-6-18(27)11-19)25(20(15)12-28)30-24(34)14-31(3)13-23(33)29-21-10-17(26)8-9-22(21)35-4/h5-11H,13-14H2,1-4H3,(H,29,33)(H,30,34). The summed E-state index contributed by atoms with van der Waals surface area (Å²) in [5.41, 5.74) is 2.56. The first-order valence-electron chi connectivity index (χ1n) is 10.6. The van der Waals surface area contributed by atoms with Crippen molar-refractivity contribution < 1.29 is 18.7 Å². The van der Waals surface area contributed by atoms with Gasteiger partial charge in [-0.3, -0.25) is 19.1 Å². The number of anilines is 2. The van der Waals surface area contributed by atoms with E-state index in [0.717, 1.165) is 0 Å². The minimum absolute atomic E-state index is 0.0862. The summed E-state index contributed by atoms with van der Waals surface area (Å²) in [6, 6.07) is 12.8. The molecule has 2 aromatic carbocycles. The first kappa shape index (κ1) is 25.7. The van der Waals surface area contributed by atoms with Crippen LogP contribution in [0.5, 0.6) is 5.75 Å². The number of methoxy groups -OCH3 is 1. The van der Waals surface area contributed by atoms with Gasteiger partial charge in [0.1, 0.15) is 23.5 Å². The van der Waals surface area contributed by atoms with Crippen LogP contribution in [0, 0.1) is 31.0 Å². The molecule has 0 aliphatic carbocycles. The number of halogens is 2. The van der Waals surface area contributed by atoms with Gasteiger partial charge in [0.25, 0.3) is 0 Å². The normalized spacial score (nSPS) is 10.7. The Bertz CT molecular complexity index is 1320. The molecule has 0 fully saturated rings. The Labute approximate surface area is 207 Å². The van der Waals surface area contributed by atoms with Crippen molar-refractivity contribution in [3.8, 4) is 17.5 Å². The van der Waals surface area contributed by atoms with Crippen LogP contribution < -0.4 is 15.4 Å². The zero-order valence-electron chi connectivity index (χ0n) is 19.8. The van der Waals surface area contributed by atoms with Gasteiger partial charge in [0.05, 0.1) is 37.1 Å². The number of hydrogen-bond donors (Lipinski definition) is 2. The second-order valence-electron chi connectivity index (χ2n) is 7.97. The Balaban J connectivity index is 1.73. The molecule has 1 aromatic heterocycles. The number of nitrogens with zero attached hydrogens (tertiary/aromatic N) is 3. The van der Waals surface area contributed by atoms with Gasteiger partial charge in [0, 0.05) is 10.7 Å². The summed E-state index contributed by atoms with van der Waals surface area (Å²) in [6.45, 7) is 3.34. The fourth-order valence-electron chi connectivity index (χ4n) is 3.68. The van der Waals surface area contributed by atoms with Crippen molar-refractivity contribution in [3.63, 3.8) is 0 Å². The molecule has 3 rings (SSSR count). The van der Waals surface area contributed by atoms with Gasteiger partial charge in [-0.1, -0.05) is 17.7 Å². The van der Waals surface area contributed by atoms with Crippen LogP contribution in [0.15, 0.2) is 42.5 Å². The molecule has 0 unspecified atom stereocenters. The molecule has 0 aliphatic rings. The lowest BCUT2D eigenvalue weighted by Gasteiger charge is -2.18. The van der Waals surface area contributed by atoms with Gasteiger partial charge < -0.3 is 15.4 Å². The van der Waals surface area contributed by atoms with Crippen molar-refractivity contribution in [1.82, 2.24) is 9.47 Å². The van der Waals surface area contributed by atoms with Gasteiger partial charge in [-0.15, -0.1) is 0 Å². The molecule has 0 saturated heterocycles. The lowest BCUT2D eigenvalue weighted by molar-refractivity contribution is -0.119. The molecule has 3 aromatic rings. The number of carbonyl (C=O) groups is 2. The number of nitriles is 1. The third kappa shape index (κ3) is 5.98. The molecule has 0 aliphatic heterocycles. The van der Waals surface area contributed by atoms with Crippen LogP contribution in [0.3, 0.4) is 0 Å². The van der Waals surface area contributed by atoms with E-state index in [-0.39, 0.29) is 30.4 Å². The summed E-state index contributed by atoms with van der Waals surface area (Å²) in [5, 5.41) is 15.6. The molecule has 2 N–H and O–H groups in total. The first-order valence-corrected chi connectivity index (χ1v) is 11.0. The maximum atomic E-state index is 13.9. The minimum Gasteiger partial charge on any atom is -0.495 e. The molecule has 0 atom stereocenters. The maximum Gasteiger partial charge on any atom is 0.239 e. The maximum absolute atomic E-state index is 13.9. The average Bonchev–Trinajstić information content (AvgIpc) is 3.02. The monoisotopic (exact) mass is 497 g/mol. The second-order valence-corrected chi connectivity index (χ2v) is 8.41.